The van der Waals surface area contributed by atoms with Crippen molar-refractivity contribution in [1.82, 2.24) is 0 Å². The molecule has 3 aromatic carbocycles. The van der Waals surface area contributed by atoms with Gasteiger partial charge < -0.3 is 14.6 Å². The molecule has 1 aliphatic heterocycles. The predicted molar refractivity (Wildman–Crippen MR) is 103 cm³/mol. The number of benzene rings is 3. The average molecular weight is 358 g/mol. The van der Waals surface area contributed by atoms with Crippen molar-refractivity contribution in [3.05, 3.63) is 95.1 Å². The maximum Gasteiger partial charge on any atom is 0.196 e. The molecule has 0 spiro atoms. The summed E-state index contributed by atoms with van der Waals surface area (Å²) in [6, 6.07) is 21.7. The summed E-state index contributed by atoms with van der Waals surface area (Å²) in [5.41, 5.74) is 2.64. The Morgan fingerprint density at radius 2 is 1.74 bits per heavy atom. The second kappa shape index (κ2) is 7.00. The van der Waals surface area contributed by atoms with Crippen LogP contribution < -0.4 is 9.47 Å². The summed E-state index contributed by atoms with van der Waals surface area (Å²) in [7, 11) is 1.61. The molecule has 4 rings (SSSR count). The van der Waals surface area contributed by atoms with E-state index in [9.17, 15) is 9.90 Å². The number of rotatable bonds is 3. The minimum absolute atomic E-state index is 0.0349. The lowest BCUT2D eigenvalue weighted by Gasteiger charge is -2.28. The molecule has 0 aromatic heterocycles. The van der Waals surface area contributed by atoms with E-state index in [1.54, 1.807) is 13.2 Å². The molecular formula is C23H18O4. The molecule has 0 saturated heterocycles. The van der Waals surface area contributed by atoms with Crippen molar-refractivity contribution < 1.29 is 19.4 Å². The largest absolute Gasteiger partial charge is 0.508 e. The van der Waals surface area contributed by atoms with E-state index < -0.39 is 6.10 Å². The summed E-state index contributed by atoms with van der Waals surface area (Å²) in [5, 5.41) is 9.78. The topological polar surface area (TPSA) is 55.8 Å². The van der Waals surface area contributed by atoms with Gasteiger partial charge in [0.15, 0.2) is 11.9 Å². The molecule has 0 aliphatic carbocycles. The van der Waals surface area contributed by atoms with Crippen LogP contribution in [0.5, 0.6) is 17.2 Å². The second-order valence-corrected chi connectivity index (χ2v) is 6.29. The number of phenolic OH excluding ortho intramolecular Hbond substituents is 1. The van der Waals surface area contributed by atoms with E-state index in [1.807, 2.05) is 60.7 Å². The number of ether oxygens (including phenoxy) is 2. The number of carbonyl (C=O) groups is 1. The SMILES string of the molecule is COc1ccc(C2Oc3ccc(O)cc3C(=O)/C2=C/c2ccccc2)cc1. The van der Waals surface area contributed by atoms with Crippen LogP contribution in [0, 0.1) is 0 Å². The van der Waals surface area contributed by atoms with Crippen LogP contribution >= 0.6 is 0 Å². The molecule has 27 heavy (non-hydrogen) atoms. The van der Waals surface area contributed by atoms with Gasteiger partial charge in [0.05, 0.1) is 12.7 Å². The molecule has 4 nitrogen and oxygen atoms in total. The quantitative estimate of drug-likeness (QED) is 0.683. The Morgan fingerprint density at radius 3 is 2.44 bits per heavy atom. The highest BCUT2D eigenvalue weighted by Crippen LogP contribution is 2.40. The van der Waals surface area contributed by atoms with E-state index >= 15 is 0 Å². The molecule has 4 heteroatoms. The van der Waals surface area contributed by atoms with Crippen molar-refractivity contribution in [3.63, 3.8) is 0 Å². The van der Waals surface area contributed by atoms with E-state index in [2.05, 4.69) is 0 Å². The highest BCUT2D eigenvalue weighted by Gasteiger charge is 2.33. The summed E-state index contributed by atoms with van der Waals surface area (Å²) >= 11 is 0. The molecule has 3 aromatic rings. The molecule has 0 bridgehead atoms. The zero-order chi connectivity index (χ0) is 18.8. The molecule has 1 aliphatic rings. The Kier molecular flexibility index (Phi) is 4.38. The summed E-state index contributed by atoms with van der Waals surface area (Å²) in [6.07, 6.45) is 1.30. The fraction of sp³-hybridized carbons (Fsp3) is 0.0870. The van der Waals surface area contributed by atoms with E-state index in [0.717, 1.165) is 16.9 Å². The number of hydrogen-bond acceptors (Lipinski definition) is 4. The lowest BCUT2D eigenvalue weighted by atomic mass is 9.89. The first-order valence-corrected chi connectivity index (χ1v) is 8.60. The van der Waals surface area contributed by atoms with Gasteiger partial charge in [0.25, 0.3) is 0 Å². The van der Waals surface area contributed by atoms with Gasteiger partial charge in [-0.05, 0) is 47.5 Å². The van der Waals surface area contributed by atoms with Gasteiger partial charge in [-0.25, -0.2) is 0 Å². The highest BCUT2D eigenvalue weighted by atomic mass is 16.5. The number of fused-ring (bicyclic) bond motifs is 1. The van der Waals surface area contributed by atoms with Gasteiger partial charge in [0, 0.05) is 5.57 Å². The van der Waals surface area contributed by atoms with Crippen molar-refractivity contribution in [2.75, 3.05) is 7.11 Å². The molecule has 0 radical (unpaired) electrons. The first kappa shape index (κ1) is 16.9. The fourth-order valence-corrected chi connectivity index (χ4v) is 3.16. The maximum absolute atomic E-state index is 13.2. The number of ketones is 1. The zero-order valence-corrected chi connectivity index (χ0v) is 14.8. The van der Waals surface area contributed by atoms with Gasteiger partial charge in [0.1, 0.15) is 17.2 Å². The zero-order valence-electron chi connectivity index (χ0n) is 14.8. The number of methoxy groups -OCH3 is 1. The molecular weight excluding hydrogens is 340 g/mol. The van der Waals surface area contributed by atoms with Gasteiger partial charge in [-0.2, -0.15) is 0 Å². The number of carbonyl (C=O) groups excluding carboxylic acids is 1. The molecule has 1 atom stereocenters. The van der Waals surface area contributed by atoms with Crippen LogP contribution in [-0.4, -0.2) is 18.0 Å². The van der Waals surface area contributed by atoms with Crippen LogP contribution in [0.4, 0.5) is 0 Å². The fourth-order valence-electron chi connectivity index (χ4n) is 3.16. The maximum atomic E-state index is 13.2. The first-order chi connectivity index (χ1) is 13.2. The second-order valence-electron chi connectivity index (χ2n) is 6.29. The molecule has 1 heterocycles. The van der Waals surface area contributed by atoms with Gasteiger partial charge in [0.2, 0.25) is 0 Å². The van der Waals surface area contributed by atoms with Crippen LogP contribution in [-0.2, 0) is 0 Å². The number of hydrogen-bond donors (Lipinski definition) is 1. The minimum atomic E-state index is -0.541. The van der Waals surface area contributed by atoms with Gasteiger partial charge >= 0.3 is 0 Å². The minimum Gasteiger partial charge on any atom is -0.508 e. The monoisotopic (exact) mass is 358 g/mol. The van der Waals surface area contributed by atoms with E-state index in [1.165, 1.54) is 12.1 Å². The van der Waals surface area contributed by atoms with Crippen LogP contribution in [0.15, 0.2) is 78.4 Å². The summed E-state index contributed by atoms with van der Waals surface area (Å²) in [5.74, 6) is 1.08. The Bertz CT molecular complexity index is 1000. The van der Waals surface area contributed by atoms with E-state index in [4.69, 9.17) is 9.47 Å². The van der Waals surface area contributed by atoms with E-state index in [0.29, 0.717) is 16.9 Å². The third-order valence-corrected chi connectivity index (χ3v) is 4.54. The van der Waals surface area contributed by atoms with Crippen molar-refractivity contribution in [3.8, 4) is 17.2 Å². The Morgan fingerprint density at radius 1 is 1.00 bits per heavy atom. The van der Waals surface area contributed by atoms with Crippen molar-refractivity contribution >= 4 is 11.9 Å². The smallest absolute Gasteiger partial charge is 0.196 e. The summed E-state index contributed by atoms with van der Waals surface area (Å²) in [6.45, 7) is 0. The Balaban J connectivity index is 1.84. The number of phenols is 1. The Hall–Kier alpha value is -3.53. The highest BCUT2D eigenvalue weighted by molar-refractivity contribution is 6.14. The van der Waals surface area contributed by atoms with Crippen LogP contribution in [0.2, 0.25) is 0 Å². The van der Waals surface area contributed by atoms with Crippen LogP contribution in [0.25, 0.3) is 6.08 Å². The lowest BCUT2D eigenvalue weighted by Crippen LogP contribution is -2.23. The standard InChI is InChI=1S/C23H18O4/c1-26-18-10-7-16(8-11-18)23-20(13-15-5-3-2-4-6-15)22(25)19-14-17(24)9-12-21(19)27-23/h2-14,23-24H,1H3/b20-13-. The molecule has 0 amide bonds. The van der Waals surface area contributed by atoms with Gasteiger partial charge in [-0.3, -0.25) is 4.79 Å². The van der Waals surface area contributed by atoms with Crippen molar-refractivity contribution in [1.29, 1.82) is 0 Å². The lowest BCUT2D eigenvalue weighted by molar-refractivity contribution is 0.0963. The number of Topliss-reactive ketones (excluding diaryl/α,β-unsaturated/α-hetero) is 1. The average Bonchev–Trinajstić information content (AvgIpc) is 2.71. The molecule has 134 valence electrons. The van der Waals surface area contributed by atoms with Crippen molar-refractivity contribution in [2.45, 2.75) is 6.10 Å². The number of aromatic hydroxyl groups is 1. The van der Waals surface area contributed by atoms with Gasteiger partial charge in [-0.15, -0.1) is 0 Å². The predicted octanol–water partition coefficient (Wildman–Crippen LogP) is 4.80. The first-order valence-electron chi connectivity index (χ1n) is 8.60. The molecule has 0 fully saturated rings. The third kappa shape index (κ3) is 3.29. The summed E-state index contributed by atoms with van der Waals surface area (Å²) in [4.78, 5) is 13.2. The Labute approximate surface area is 157 Å². The third-order valence-electron chi connectivity index (χ3n) is 4.54. The van der Waals surface area contributed by atoms with E-state index in [-0.39, 0.29) is 11.5 Å². The van der Waals surface area contributed by atoms with Crippen molar-refractivity contribution in [2.24, 2.45) is 0 Å². The normalized spacial score (nSPS) is 17.3. The molecule has 1 unspecified atom stereocenters. The van der Waals surface area contributed by atoms with Crippen LogP contribution in [0.3, 0.4) is 0 Å². The molecule has 0 saturated carbocycles. The molecule has 1 N–H and O–H groups in total. The van der Waals surface area contributed by atoms with Crippen LogP contribution in [0.1, 0.15) is 27.6 Å². The summed E-state index contributed by atoms with van der Waals surface area (Å²) < 4.78 is 11.4. The van der Waals surface area contributed by atoms with Gasteiger partial charge in [-0.1, -0.05) is 42.5 Å².